The number of carbonyl (C=O) groups excluding carboxylic acids is 1. The molecule has 7 nitrogen and oxygen atoms in total. The topological polar surface area (TPSA) is 105 Å². The zero-order valence-electron chi connectivity index (χ0n) is 9.46. The van der Waals surface area contributed by atoms with E-state index in [0.717, 1.165) is 0 Å². The summed E-state index contributed by atoms with van der Waals surface area (Å²) in [5.41, 5.74) is 5.18. The second kappa shape index (κ2) is 6.18. The number of hydrogen-bond acceptors (Lipinski definition) is 6. The van der Waals surface area contributed by atoms with Gasteiger partial charge in [0.1, 0.15) is 12.6 Å². The van der Waals surface area contributed by atoms with Crippen molar-refractivity contribution in [3.8, 4) is 5.75 Å². The molecule has 0 spiro atoms. The van der Waals surface area contributed by atoms with Crippen LogP contribution in [-0.2, 0) is 9.53 Å². The Kier molecular flexibility index (Phi) is 4.87. The van der Waals surface area contributed by atoms with Gasteiger partial charge in [0.05, 0.1) is 12.0 Å². The van der Waals surface area contributed by atoms with E-state index in [9.17, 15) is 14.9 Å². The fourth-order valence-corrected chi connectivity index (χ4v) is 1.32. The minimum Gasteiger partial charge on any atom is -0.484 e. The van der Waals surface area contributed by atoms with Crippen molar-refractivity contribution in [3.05, 3.63) is 33.3 Å². The molecule has 1 aromatic carbocycles. The minimum absolute atomic E-state index is 0.0492. The maximum atomic E-state index is 11.0. The van der Waals surface area contributed by atoms with Crippen molar-refractivity contribution < 1.29 is 19.2 Å². The molecule has 0 aliphatic rings. The molecule has 0 radical (unpaired) electrons. The van der Waals surface area contributed by atoms with E-state index in [1.807, 2.05) is 0 Å². The Morgan fingerprint density at radius 2 is 2.28 bits per heavy atom. The molecular weight excluding hydrogens is 264 g/mol. The van der Waals surface area contributed by atoms with Crippen LogP contribution in [0.4, 0.5) is 5.69 Å². The molecule has 0 heterocycles. The maximum Gasteiger partial charge on any atom is 0.326 e. The molecule has 98 valence electrons. The second-order valence-corrected chi connectivity index (χ2v) is 3.75. The summed E-state index contributed by atoms with van der Waals surface area (Å²) in [5, 5.41) is 11.0. The minimum atomic E-state index is -1.02. The Balaban J connectivity index is 2.80. The van der Waals surface area contributed by atoms with Gasteiger partial charge in [0.25, 0.3) is 0 Å². The summed E-state index contributed by atoms with van der Waals surface area (Å²) in [5.74, 6) is -0.716. The molecule has 0 aliphatic heterocycles. The van der Waals surface area contributed by atoms with Crippen molar-refractivity contribution in [2.45, 2.75) is 6.04 Å². The Hall–Kier alpha value is -1.86. The van der Waals surface area contributed by atoms with Crippen LogP contribution in [-0.4, -0.2) is 30.7 Å². The lowest BCUT2D eigenvalue weighted by molar-refractivity contribution is -0.385. The van der Waals surface area contributed by atoms with Crippen molar-refractivity contribution in [1.82, 2.24) is 0 Å². The number of methoxy groups -OCH3 is 1. The van der Waals surface area contributed by atoms with Gasteiger partial charge < -0.3 is 15.2 Å². The first-order valence-corrected chi connectivity index (χ1v) is 5.23. The van der Waals surface area contributed by atoms with Crippen LogP contribution in [0.2, 0.25) is 5.02 Å². The molecule has 1 aromatic rings. The SMILES string of the molecule is COC(=O)C(N)COc1cc(Cl)ccc1[N+](=O)[O-]. The molecule has 0 aliphatic carbocycles. The van der Waals surface area contributed by atoms with Crippen LogP contribution in [0.1, 0.15) is 0 Å². The predicted octanol–water partition coefficient (Wildman–Crippen LogP) is 1.13. The third kappa shape index (κ3) is 3.57. The molecule has 8 heteroatoms. The third-order valence-corrected chi connectivity index (χ3v) is 2.28. The molecule has 2 N–H and O–H groups in total. The van der Waals surface area contributed by atoms with Gasteiger partial charge in [-0.1, -0.05) is 11.6 Å². The molecule has 1 rings (SSSR count). The van der Waals surface area contributed by atoms with E-state index in [-0.39, 0.29) is 23.1 Å². The smallest absolute Gasteiger partial charge is 0.326 e. The van der Waals surface area contributed by atoms with Crippen LogP contribution in [0.15, 0.2) is 18.2 Å². The summed E-state index contributed by atoms with van der Waals surface area (Å²) >= 11 is 5.70. The Labute approximate surface area is 108 Å². The molecule has 18 heavy (non-hydrogen) atoms. The van der Waals surface area contributed by atoms with Crippen LogP contribution < -0.4 is 10.5 Å². The molecule has 0 saturated heterocycles. The largest absolute Gasteiger partial charge is 0.484 e. The van der Waals surface area contributed by atoms with Gasteiger partial charge in [-0.25, -0.2) is 0 Å². The summed E-state index contributed by atoms with van der Waals surface area (Å²) in [6.45, 7) is -0.242. The maximum absolute atomic E-state index is 11.0. The monoisotopic (exact) mass is 274 g/mol. The first-order valence-electron chi connectivity index (χ1n) is 4.86. The standard InChI is InChI=1S/C10H11ClN2O5/c1-17-10(14)7(12)5-18-9-4-6(11)2-3-8(9)13(15)16/h2-4,7H,5,12H2,1H3. The molecule has 0 saturated carbocycles. The number of rotatable bonds is 5. The quantitative estimate of drug-likeness (QED) is 0.490. The Morgan fingerprint density at radius 1 is 1.61 bits per heavy atom. The molecule has 0 bridgehead atoms. The van der Waals surface area contributed by atoms with Gasteiger partial charge in [0.2, 0.25) is 0 Å². The highest BCUT2D eigenvalue weighted by atomic mass is 35.5. The number of halogens is 1. The average molecular weight is 275 g/mol. The van der Waals surface area contributed by atoms with E-state index >= 15 is 0 Å². The lowest BCUT2D eigenvalue weighted by Gasteiger charge is -2.11. The highest BCUT2D eigenvalue weighted by molar-refractivity contribution is 6.30. The zero-order chi connectivity index (χ0) is 13.7. The van der Waals surface area contributed by atoms with E-state index in [0.29, 0.717) is 0 Å². The number of nitrogens with zero attached hydrogens (tertiary/aromatic N) is 1. The van der Waals surface area contributed by atoms with E-state index < -0.39 is 16.9 Å². The zero-order valence-corrected chi connectivity index (χ0v) is 10.2. The van der Waals surface area contributed by atoms with Gasteiger partial charge in [-0.05, 0) is 6.07 Å². The van der Waals surface area contributed by atoms with Gasteiger partial charge in [-0.15, -0.1) is 0 Å². The Bertz CT molecular complexity index is 466. The molecule has 0 amide bonds. The number of benzene rings is 1. The summed E-state index contributed by atoms with van der Waals surface area (Å²) in [6, 6.07) is 2.84. The summed E-state index contributed by atoms with van der Waals surface area (Å²) < 4.78 is 9.51. The summed E-state index contributed by atoms with van der Waals surface area (Å²) in [4.78, 5) is 21.1. The first-order chi connectivity index (χ1) is 8.45. The van der Waals surface area contributed by atoms with Crippen molar-refractivity contribution in [1.29, 1.82) is 0 Å². The fraction of sp³-hybridized carbons (Fsp3) is 0.300. The van der Waals surface area contributed by atoms with Crippen molar-refractivity contribution in [2.24, 2.45) is 5.73 Å². The number of esters is 1. The van der Waals surface area contributed by atoms with Gasteiger partial charge in [0.15, 0.2) is 5.75 Å². The number of nitro benzene ring substituents is 1. The van der Waals surface area contributed by atoms with Gasteiger partial charge in [-0.2, -0.15) is 0 Å². The molecule has 0 aromatic heterocycles. The van der Waals surface area contributed by atoms with Crippen molar-refractivity contribution in [2.75, 3.05) is 13.7 Å². The van der Waals surface area contributed by atoms with Gasteiger partial charge >= 0.3 is 11.7 Å². The first kappa shape index (κ1) is 14.2. The normalized spacial score (nSPS) is 11.7. The van der Waals surface area contributed by atoms with Crippen molar-refractivity contribution in [3.63, 3.8) is 0 Å². The number of carbonyl (C=O) groups is 1. The molecule has 1 unspecified atom stereocenters. The van der Waals surface area contributed by atoms with E-state index in [2.05, 4.69) is 4.74 Å². The highest BCUT2D eigenvalue weighted by Gasteiger charge is 2.19. The molecule has 1 atom stereocenters. The number of hydrogen-bond donors (Lipinski definition) is 1. The van der Waals surface area contributed by atoms with Gasteiger partial charge in [-0.3, -0.25) is 14.9 Å². The van der Waals surface area contributed by atoms with E-state index in [4.69, 9.17) is 22.1 Å². The second-order valence-electron chi connectivity index (χ2n) is 3.31. The van der Waals surface area contributed by atoms with E-state index in [1.54, 1.807) is 0 Å². The van der Waals surface area contributed by atoms with Crippen LogP contribution in [0.5, 0.6) is 5.75 Å². The number of nitro groups is 1. The number of nitrogens with two attached hydrogens (primary N) is 1. The van der Waals surface area contributed by atoms with Crippen LogP contribution >= 0.6 is 11.6 Å². The van der Waals surface area contributed by atoms with Gasteiger partial charge in [0, 0.05) is 17.2 Å². The molecular formula is C10H11ClN2O5. The van der Waals surface area contributed by atoms with Crippen LogP contribution in [0.3, 0.4) is 0 Å². The molecule has 0 fully saturated rings. The van der Waals surface area contributed by atoms with Crippen molar-refractivity contribution >= 4 is 23.3 Å². The van der Waals surface area contributed by atoms with Crippen LogP contribution in [0.25, 0.3) is 0 Å². The summed E-state index contributed by atoms with van der Waals surface area (Å²) in [7, 11) is 1.18. The fourth-order valence-electron chi connectivity index (χ4n) is 1.15. The predicted molar refractivity (Wildman–Crippen MR) is 63.6 cm³/mol. The average Bonchev–Trinajstić information content (AvgIpc) is 2.34. The highest BCUT2D eigenvalue weighted by Crippen LogP contribution is 2.29. The third-order valence-electron chi connectivity index (χ3n) is 2.04. The van der Waals surface area contributed by atoms with E-state index in [1.165, 1.54) is 25.3 Å². The lowest BCUT2D eigenvalue weighted by atomic mass is 10.3. The lowest BCUT2D eigenvalue weighted by Crippen LogP contribution is -2.37. The van der Waals surface area contributed by atoms with Crippen LogP contribution in [0, 0.1) is 10.1 Å². The summed E-state index contributed by atoms with van der Waals surface area (Å²) in [6.07, 6.45) is 0. The number of ether oxygens (including phenoxy) is 2. The Morgan fingerprint density at radius 3 is 2.83 bits per heavy atom.